The van der Waals surface area contributed by atoms with E-state index in [-0.39, 0.29) is 0 Å². The van der Waals surface area contributed by atoms with Crippen LogP contribution in [-0.4, -0.2) is 42.0 Å². The molecule has 0 spiro atoms. The number of aromatic nitrogens is 1. The van der Waals surface area contributed by atoms with Gasteiger partial charge in [-0.2, -0.15) is 0 Å². The van der Waals surface area contributed by atoms with E-state index in [1.807, 2.05) is 41.3 Å². The Morgan fingerprint density at radius 3 is 2.71 bits per heavy atom. The number of pyridine rings is 1. The first kappa shape index (κ1) is 16.1. The highest BCUT2D eigenvalue weighted by molar-refractivity contribution is 5.88. The summed E-state index contributed by atoms with van der Waals surface area (Å²) >= 11 is 0. The van der Waals surface area contributed by atoms with Gasteiger partial charge < -0.3 is 15.0 Å². The molecule has 3 rings (SSSR count). The molecule has 6 nitrogen and oxygen atoms in total. The van der Waals surface area contributed by atoms with Gasteiger partial charge in [0, 0.05) is 12.7 Å². The van der Waals surface area contributed by atoms with E-state index in [9.17, 15) is 0 Å². The SMILES string of the molecule is C1=NC(NCCOCc2ccccc2)=NCN1Cc1ccccn1. The molecule has 1 aromatic heterocycles. The fraction of sp³-hybridized carbons (Fsp3) is 0.278. The molecule has 0 atom stereocenters. The third kappa shape index (κ3) is 5.17. The van der Waals surface area contributed by atoms with E-state index >= 15 is 0 Å². The number of rotatable bonds is 7. The Kier molecular flexibility index (Phi) is 5.91. The van der Waals surface area contributed by atoms with Crippen LogP contribution >= 0.6 is 0 Å². The molecule has 0 fully saturated rings. The molecule has 124 valence electrons. The summed E-state index contributed by atoms with van der Waals surface area (Å²) in [6.07, 6.45) is 3.59. The van der Waals surface area contributed by atoms with Crippen molar-refractivity contribution in [3.05, 3.63) is 66.0 Å². The maximum absolute atomic E-state index is 5.62. The summed E-state index contributed by atoms with van der Waals surface area (Å²) in [5.74, 6) is 0.649. The van der Waals surface area contributed by atoms with Crippen LogP contribution in [0.4, 0.5) is 0 Å². The van der Waals surface area contributed by atoms with Gasteiger partial charge in [-0.3, -0.25) is 4.98 Å². The van der Waals surface area contributed by atoms with Crippen molar-refractivity contribution >= 4 is 12.3 Å². The Morgan fingerprint density at radius 1 is 1.08 bits per heavy atom. The quantitative estimate of drug-likeness (QED) is 0.792. The smallest absolute Gasteiger partial charge is 0.221 e. The molecule has 0 saturated heterocycles. The lowest BCUT2D eigenvalue weighted by molar-refractivity contribution is 0.125. The van der Waals surface area contributed by atoms with E-state index in [0.29, 0.717) is 38.9 Å². The Labute approximate surface area is 141 Å². The summed E-state index contributed by atoms with van der Waals surface area (Å²) in [5.41, 5.74) is 2.18. The minimum Gasteiger partial charge on any atom is -0.375 e. The van der Waals surface area contributed by atoms with Gasteiger partial charge in [0.1, 0.15) is 6.67 Å². The van der Waals surface area contributed by atoms with Gasteiger partial charge in [0.15, 0.2) is 0 Å². The van der Waals surface area contributed by atoms with Gasteiger partial charge >= 0.3 is 0 Å². The number of guanidine groups is 1. The molecule has 2 aromatic rings. The zero-order valence-electron chi connectivity index (χ0n) is 13.5. The predicted molar refractivity (Wildman–Crippen MR) is 94.7 cm³/mol. The Balaban J connectivity index is 1.32. The second kappa shape index (κ2) is 8.79. The molecule has 0 saturated carbocycles. The number of benzene rings is 1. The number of hydrogen-bond acceptors (Lipinski definition) is 6. The normalized spacial score (nSPS) is 13.7. The predicted octanol–water partition coefficient (Wildman–Crippen LogP) is 2.05. The first-order valence-electron chi connectivity index (χ1n) is 7.98. The topological polar surface area (TPSA) is 62.1 Å². The molecule has 1 aliphatic rings. The molecule has 24 heavy (non-hydrogen) atoms. The molecular formula is C18H21N5O. The fourth-order valence-corrected chi connectivity index (χ4v) is 2.26. The van der Waals surface area contributed by atoms with Crippen LogP contribution in [0.2, 0.25) is 0 Å². The minimum atomic E-state index is 0.577. The van der Waals surface area contributed by atoms with Crippen LogP contribution in [0.3, 0.4) is 0 Å². The van der Waals surface area contributed by atoms with Gasteiger partial charge in [0.25, 0.3) is 0 Å². The van der Waals surface area contributed by atoms with E-state index in [1.54, 1.807) is 12.5 Å². The lowest BCUT2D eigenvalue weighted by Crippen LogP contribution is -2.33. The van der Waals surface area contributed by atoms with Gasteiger partial charge in [-0.25, -0.2) is 9.98 Å². The van der Waals surface area contributed by atoms with Gasteiger partial charge in [-0.1, -0.05) is 36.4 Å². The van der Waals surface area contributed by atoms with Crippen LogP contribution in [0.5, 0.6) is 0 Å². The summed E-state index contributed by atoms with van der Waals surface area (Å²) < 4.78 is 5.62. The maximum Gasteiger partial charge on any atom is 0.221 e. The van der Waals surface area contributed by atoms with Crippen molar-refractivity contribution in [2.45, 2.75) is 13.2 Å². The molecule has 0 unspecified atom stereocenters. The summed E-state index contributed by atoms with van der Waals surface area (Å²) in [6, 6.07) is 16.0. The minimum absolute atomic E-state index is 0.577. The van der Waals surface area contributed by atoms with Crippen molar-refractivity contribution in [1.29, 1.82) is 0 Å². The molecule has 0 amide bonds. The van der Waals surface area contributed by atoms with Crippen LogP contribution in [0, 0.1) is 0 Å². The Hall–Kier alpha value is -2.73. The monoisotopic (exact) mass is 323 g/mol. The number of ether oxygens (including phenoxy) is 1. The first-order valence-corrected chi connectivity index (χ1v) is 7.98. The summed E-state index contributed by atoms with van der Waals surface area (Å²) in [7, 11) is 0. The van der Waals surface area contributed by atoms with Crippen molar-refractivity contribution in [3.63, 3.8) is 0 Å². The molecule has 2 heterocycles. The lowest BCUT2D eigenvalue weighted by Gasteiger charge is -2.20. The van der Waals surface area contributed by atoms with Crippen LogP contribution < -0.4 is 5.32 Å². The zero-order valence-corrected chi connectivity index (χ0v) is 13.5. The summed E-state index contributed by atoms with van der Waals surface area (Å²) in [4.78, 5) is 15.0. The van der Waals surface area contributed by atoms with E-state index in [1.165, 1.54) is 5.56 Å². The van der Waals surface area contributed by atoms with E-state index in [4.69, 9.17) is 4.74 Å². The van der Waals surface area contributed by atoms with Crippen LogP contribution in [-0.2, 0) is 17.9 Å². The van der Waals surface area contributed by atoms with Gasteiger partial charge in [0.05, 0.1) is 31.8 Å². The molecular weight excluding hydrogens is 302 g/mol. The molecule has 1 N–H and O–H groups in total. The highest BCUT2D eigenvalue weighted by Crippen LogP contribution is 2.02. The molecule has 0 bridgehead atoms. The van der Waals surface area contributed by atoms with Crippen molar-refractivity contribution in [2.75, 3.05) is 19.8 Å². The van der Waals surface area contributed by atoms with Crippen molar-refractivity contribution in [1.82, 2.24) is 15.2 Å². The van der Waals surface area contributed by atoms with Crippen LogP contribution in [0.1, 0.15) is 11.3 Å². The Bertz CT molecular complexity index is 672. The third-order valence-electron chi connectivity index (χ3n) is 3.48. The number of nitrogens with zero attached hydrogens (tertiary/aromatic N) is 4. The van der Waals surface area contributed by atoms with Crippen LogP contribution in [0.15, 0.2) is 64.7 Å². The van der Waals surface area contributed by atoms with Gasteiger partial charge in [-0.05, 0) is 17.7 Å². The van der Waals surface area contributed by atoms with Gasteiger partial charge in [0.2, 0.25) is 5.96 Å². The average Bonchev–Trinajstić information content (AvgIpc) is 2.65. The molecule has 6 heteroatoms. The van der Waals surface area contributed by atoms with Crippen LogP contribution in [0.25, 0.3) is 0 Å². The summed E-state index contributed by atoms with van der Waals surface area (Å²) in [6.45, 7) is 3.20. The standard InChI is InChI=1S/C18H21N5O/c1-2-6-16(7-3-1)13-24-11-10-20-18-21-14-23(15-22-18)12-17-8-4-5-9-19-17/h1-9,14H,10-13,15H2,(H,20,22). The fourth-order valence-electron chi connectivity index (χ4n) is 2.26. The van der Waals surface area contributed by atoms with Crippen molar-refractivity contribution in [2.24, 2.45) is 9.98 Å². The second-order valence-electron chi connectivity index (χ2n) is 5.40. The lowest BCUT2D eigenvalue weighted by atomic mass is 10.2. The second-order valence-corrected chi connectivity index (χ2v) is 5.40. The van der Waals surface area contributed by atoms with Gasteiger partial charge in [-0.15, -0.1) is 0 Å². The highest BCUT2D eigenvalue weighted by atomic mass is 16.5. The molecule has 0 aliphatic carbocycles. The third-order valence-corrected chi connectivity index (χ3v) is 3.48. The van der Waals surface area contributed by atoms with E-state index in [2.05, 4.69) is 32.4 Å². The number of aliphatic imine (C=N–C) groups is 2. The maximum atomic E-state index is 5.62. The number of nitrogens with one attached hydrogen (secondary N) is 1. The molecule has 1 aliphatic heterocycles. The summed E-state index contributed by atoms with van der Waals surface area (Å²) in [5, 5.41) is 3.18. The van der Waals surface area contributed by atoms with E-state index < -0.39 is 0 Å². The zero-order chi connectivity index (χ0) is 16.5. The Morgan fingerprint density at radius 2 is 1.96 bits per heavy atom. The van der Waals surface area contributed by atoms with Crippen molar-refractivity contribution in [3.8, 4) is 0 Å². The van der Waals surface area contributed by atoms with Crippen molar-refractivity contribution < 1.29 is 4.74 Å². The van der Waals surface area contributed by atoms with E-state index in [0.717, 1.165) is 5.69 Å². The molecule has 1 aromatic carbocycles. The first-order chi connectivity index (χ1) is 11.9. The largest absolute Gasteiger partial charge is 0.375 e. The molecule has 0 radical (unpaired) electrons. The number of hydrogen-bond donors (Lipinski definition) is 1. The highest BCUT2D eigenvalue weighted by Gasteiger charge is 2.07. The average molecular weight is 323 g/mol.